The lowest BCUT2D eigenvalue weighted by Crippen LogP contribution is -2.43. The number of ether oxygens (including phenoxy) is 3. The molecule has 0 amide bonds. The number of Topliss-reactive ketones (excluding diaryl/α,β-unsaturated/α-hetero) is 1. The van der Waals surface area contributed by atoms with Gasteiger partial charge >= 0.3 is 11.9 Å². The molecule has 1 heterocycles. The summed E-state index contributed by atoms with van der Waals surface area (Å²) >= 11 is 1.68. The third-order valence-corrected chi connectivity index (χ3v) is 6.94. The molecule has 0 aromatic heterocycles. The van der Waals surface area contributed by atoms with E-state index >= 15 is 0 Å². The van der Waals surface area contributed by atoms with Gasteiger partial charge in [0.05, 0.1) is 25.7 Å². The van der Waals surface area contributed by atoms with Crippen LogP contribution in [0.25, 0.3) is 0 Å². The number of carbonyl (C=O) groups is 3. The third-order valence-electron chi connectivity index (χ3n) is 6.08. The minimum atomic E-state index is -0.926. The minimum Gasteiger partial charge on any atom is -0.496 e. The van der Waals surface area contributed by atoms with E-state index in [1.807, 2.05) is 39.0 Å². The van der Waals surface area contributed by atoms with Crippen molar-refractivity contribution in [2.24, 2.45) is 11.8 Å². The molecule has 3 atom stereocenters. The van der Waals surface area contributed by atoms with Crippen LogP contribution in [0.5, 0.6) is 5.75 Å². The Morgan fingerprint density at radius 3 is 2.61 bits per heavy atom. The second kappa shape index (κ2) is 10.9. The Balaban J connectivity index is 2.12. The van der Waals surface area contributed by atoms with E-state index in [1.54, 1.807) is 24.9 Å². The number of dihydropyridines is 1. The fraction of sp³-hybridized carbons (Fsp3) is 0.480. The summed E-state index contributed by atoms with van der Waals surface area (Å²) in [7, 11) is 2.83. The lowest BCUT2D eigenvalue weighted by atomic mass is 9.69. The first kappa shape index (κ1) is 24.9. The average molecular weight is 474 g/mol. The Bertz CT molecular complexity index is 998. The number of nitrogens with one attached hydrogen (secondary N) is 1. The van der Waals surface area contributed by atoms with E-state index in [4.69, 9.17) is 14.2 Å². The molecule has 3 rings (SSSR count). The van der Waals surface area contributed by atoms with Crippen molar-refractivity contribution >= 4 is 29.5 Å². The third kappa shape index (κ3) is 4.95. The van der Waals surface area contributed by atoms with Crippen molar-refractivity contribution in [3.8, 4) is 5.75 Å². The number of hydrogen-bond acceptors (Lipinski definition) is 8. The van der Waals surface area contributed by atoms with Gasteiger partial charge in [-0.25, -0.2) is 4.79 Å². The predicted molar refractivity (Wildman–Crippen MR) is 127 cm³/mol. The smallest absolute Gasteiger partial charge is 0.336 e. The van der Waals surface area contributed by atoms with E-state index < -0.39 is 23.8 Å². The Morgan fingerprint density at radius 2 is 1.94 bits per heavy atom. The van der Waals surface area contributed by atoms with E-state index in [-0.39, 0.29) is 18.3 Å². The number of allylic oxidation sites excluding steroid dienone is 3. The van der Waals surface area contributed by atoms with E-state index in [2.05, 4.69) is 5.32 Å². The summed E-state index contributed by atoms with van der Waals surface area (Å²) < 4.78 is 16.1. The van der Waals surface area contributed by atoms with Crippen LogP contribution in [-0.2, 0) is 23.9 Å². The number of ketones is 1. The molecule has 1 aliphatic carbocycles. The highest BCUT2D eigenvalue weighted by Gasteiger charge is 2.47. The van der Waals surface area contributed by atoms with Crippen LogP contribution in [0.4, 0.5) is 0 Å². The number of methoxy groups -OCH3 is 2. The average Bonchev–Trinajstić information content (AvgIpc) is 2.80. The van der Waals surface area contributed by atoms with Crippen LogP contribution in [-0.4, -0.2) is 50.1 Å². The number of carbonyl (C=O) groups excluding carboxylic acids is 3. The molecule has 0 saturated heterocycles. The molecule has 178 valence electrons. The molecular weight excluding hydrogens is 442 g/mol. The Hall–Kier alpha value is -2.74. The highest BCUT2D eigenvalue weighted by Crippen LogP contribution is 2.47. The summed E-state index contributed by atoms with van der Waals surface area (Å²) in [5, 5.41) is 3.27. The van der Waals surface area contributed by atoms with Crippen molar-refractivity contribution in [2.45, 2.75) is 33.1 Å². The Labute approximate surface area is 198 Å². The second-order valence-corrected chi connectivity index (χ2v) is 9.50. The van der Waals surface area contributed by atoms with Gasteiger partial charge in [-0.15, -0.1) is 0 Å². The van der Waals surface area contributed by atoms with Crippen LogP contribution in [0.1, 0.15) is 38.7 Å². The summed E-state index contributed by atoms with van der Waals surface area (Å²) in [6.45, 7) is 5.99. The predicted octanol–water partition coefficient (Wildman–Crippen LogP) is 3.60. The number of esters is 2. The quantitative estimate of drug-likeness (QED) is 0.348. The fourth-order valence-electron chi connectivity index (χ4n) is 4.58. The molecule has 0 radical (unpaired) electrons. The monoisotopic (exact) mass is 473 g/mol. The molecule has 0 spiro atoms. The SMILES string of the molecule is CCSCCOC(=O)C1=C(C)NC2=C(C(=O)[C@@H](C(=O)OC)[C@H](C)C2)[C@H]1c1ccccc1OC. The lowest BCUT2D eigenvalue weighted by Gasteiger charge is -2.38. The molecule has 0 unspecified atom stereocenters. The molecule has 1 aliphatic heterocycles. The Kier molecular flexibility index (Phi) is 8.24. The van der Waals surface area contributed by atoms with Crippen LogP contribution < -0.4 is 10.1 Å². The van der Waals surface area contributed by atoms with Gasteiger partial charge in [0, 0.05) is 28.3 Å². The molecule has 1 aromatic carbocycles. The summed E-state index contributed by atoms with van der Waals surface area (Å²) in [5.74, 6) is -1.08. The zero-order valence-corrected chi connectivity index (χ0v) is 20.5. The fourth-order valence-corrected chi connectivity index (χ4v) is 5.07. The van der Waals surface area contributed by atoms with Crippen molar-refractivity contribution in [1.29, 1.82) is 0 Å². The Morgan fingerprint density at radius 1 is 1.21 bits per heavy atom. The maximum absolute atomic E-state index is 13.7. The zero-order valence-electron chi connectivity index (χ0n) is 19.7. The van der Waals surface area contributed by atoms with E-state index in [0.717, 1.165) is 11.4 Å². The zero-order chi connectivity index (χ0) is 24.1. The minimum absolute atomic E-state index is 0.234. The van der Waals surface area contributed by atoms with Crippen molar-refractivity contribution in [1.82, 2.24) is 5.32 Å². The van der Waals surface area contributed by atoms with Crippen molar-refractivity contribution in [3.05, 3.63) is 52.4 Å². The normalized spacial score (nSPS) is 22.5. The van der Waals surface area contributed by atoms with Gasteiger partial charge in [-0.2, -0.15) is 11.8 Å². The van der Waals surface area contributed by atoms with E-state index in [0.29, 0.717) is 40.3 Å². The number of benzene rings is 1. The summed E-state index contributed by atoms with van der Waals surface area (Å²) in [6, 6.07) is 7.30. The second-order valence-electron chi connectivity index (χ2n) is 8.11. The standard InChI is InChI=1S/C25H31NO6S/c1-6-33-12-11-32-25(29)20-15(3)26-17-13-14(2)19(24(28)31-5)23(27)22(17)21(20)16-9-7-8-10-18(16)30-4/h7-10,14,19,21,26H,6,11-13H2,1-5H3/t14-,19+,21+/m1/s1. The molecule has 1 aromatic rings. The summed E-state index contributed by atoms with van der Waals surface area (Å²) in [4.78, 5) is 39.5. The van der Waals surface area contributed by atoms with E-state index in [9.17, 15) is 14.4 Å². The first-order valence-electron chi connectivity index (χ1n) is 11.1. The highest BCUT2D eigenvalue weighted by atomic mass is 32.2. The van der Waals surface area contributed by atoms with Crippen LogP contribution in [0.15, 0.2) is 46.8 Å². The number of rotatable bonds is 8. The molecule has 8 heteroatoms. The summed E-state index contributed by atoms with van der Waals surface area (Å²) in [5.41, 5.74) is 2.78. The molecule has 33 heavy (non-hydrogen) atoms. The number of para-hydroxylation sites is 1. The highest BCUT2D eigenvalue weighted by molar-refractivity contribution is 7.99. The molecule has 7 nitrogen and oxygen atoms in total. The first-order valence-corrected chi connectivity index (χ1v) is 12.2. The van der Waals surface area contributed by atoms with Crippen LogP contribution in [0.3, 0.4) is 0 Å². The van der Waals surface area contributed by atoms with Crippen LogP contribution >= 0.6 is 11.8 Å². The molecule has 2 aliphatic rings. The molecule has 0 saturated carbocycles. The molecule has 1 N–H and O–H groups in total. The maximum atomic E-state index is 13.7. The van der Waals surface area contributed by atoms with Gasteiger partial charge in [-0.1, -0.05) is 32.0 Å². The lowest BCUT2D eigenvalue weighted by molar-refractivity contribution is -0.151. The number of hydrogen-bond donors (Lipinski definition) is 1. The topological polar surface area (TPSA) is 90.9 Å². The van der Waals surface area contributed by atoms with Crippen molar-refractivity contribution in [2.75, 3.05) is 32.3 Å². The largest absolute Gasteiger partial charge is 0.496 e. The van der Waals surface area contributed by atoms with Crippen LogP contribution in [0, 0.1) is 11.8 Å². The van der Waals surface area contributed by atoms with Gasteiger partial charge in [-0.05, 0) is 31.1 Å². The molecule has 0 fully saturated rings. The van der Waals surface area contributed by atoms with Gasteiger partial charge < -0.3 is 19.5 Å². The van der Waals surface area contributed by atoms with E-state index in [1.165, 1.54) is 7.11 Å². The summed E-state index contributed by atoms with van der Waals surface area (Å²) in [6.07, 6.45) is 0.485. The van der Waals surface area contributed by atoms with Crippen LogP contribution in [0.2, 0.25) is 0 Å². The maximum Gasteiger partial charge on any atom is 0.336 e. The van der Waals surface area contributed by atoms with Gasteiger partial charge in [-0.3, -0.25) is 9.59 Å². The number of thioether (sulfide) groups is 1. The van der Waals surface area contributed by atoms with Crippen molar-refractivity contribution < 1.29 is 28.6 Å². The van der Waals surface area contributed by atoms with Gasteiger partial charge in [0.25, 0.3) is 0 Å². The molecule has 0 bridgehead atoms. The van der Waals surface area contributed by atoms with Crippen molar-refractivity contribution in [3.63, 3.8) is 0 Å². The van der Waals surface area contributed by atoms with Gasteiger partial charge in [0.1, 0.15) is 18.3 Å². The van der Waals surface area contributed by atoms with Gasteiger partial charge in [0.2, 0.25) is 0 Å². The van der Waals surface area contributed by atoms with Gasteiger partial charge in [0.15, 0.2) is 5.78 Å². The molecular formula is C25H31NO6S. The first-order chi connectivity index (χ1) is 15.8.